The van der Waals surface area contributed by atoms with Crippen LogP contribution in [0.2, 0.25) is 5.02 Å². The Morgan fingerprint density at radius 2 is 2.00 bits per heavy atom. The average Bonchev–Trinajstić information content (AvgIpc) is 3.21. The SMILES string of the molecule is CCC(C(=O)c1ccc(Cl)cc1)n1ncn(C2(c3ccccn3)CNCCN2C(=O)O)c1=O. The van der Waals surface area contributed by atoms with Crippen molar-refractivity contribution in [2.24, 2.45) is 0 Å². The zero-order chi connectivity index (χ0) is 23.6. The normalized spacial score (nSPS) is 19.3. The van der Waals surface area contributed by atoms with Gasteiger partial charge >= 0.3 is 11.8 Å². The van der Waals surface area contributed by atoms with Gasteiger partial charge in [0.05, 0.1) is 5.69 Å². The molecule has 3 aromatic rings. The van der Waals surface area contributed by atoms with E-state index in [1.165, 1.54) is 15.8 Å². The first-order valence-corrected chi connectivity index (χ1v) is 10.9. The first-order valence-electron chi connectivity index (χ1n) is 10.5. The summed E-state index contributed by atoms with van der Waals surface area (Å²) in [7, 11) is 0. The topological polar surface area (TPSA) is 122 Å². The lowest BCUT2D eigenvalue weighted by Crippen LogP contribution is -2.66. The molecule has 1 aliphatic rings. The average molecular weight is 471 g/mol. The number of halogens is 1. The van der Waals surface area contributed by atoms with E-state index < -0.39 is 23.5 Å². The molecule has 0 saturated carbocycles. The fraction of sp³-hybridized carbons (Fsp3) is 0.318. The van der Waals surface area contributed by atoms with Crippen LogP contribution in [0.15, 0.2) is 59.8 Å². The van der Waals surface area contributed by atoms with E-state index in [4.69, 9.17) is 11.6 Å². The number of nitrogens with one attached hydrogen (secondary N) is 1. The number of piperazine rings is 1. The van der Waals surface area contributed by atoms with Crippen molar-refractivity contribution in [1.82, 2.24) is 29.5 Å². The van der Waals surface area contributed by atoms with Crippen LogP contribution in [0, 0.1) is 0 Å². The van der Waals surface area contributed by atoms with Gasteiger partial charge in [-0.15, -0.1) is 0 Å². The van der Waals surface area contributed by atoms with Crippen molar-refractivity contribution in [2.45, 2.75) is 25.0 Å². The summed E-state index contributed by atoms with van der Waals surface area (Å²) >= 11 is 5.93. The number of carbonyl (C=O) groups is 2. The molecule has 172 valence electrons. The number of ketones is 1. The van der Waals surface area contributed by atoms with Crippen LogP contribution in [0.3, 0.4) is 0 Å². The maximum atomic E-state index is 13.6. The quantitative estimate of drug-likeness (QED) is 0.529. The van der Waals surface area contributed by atoms with E-state index in [2.05, 4.69) is 15.4 Å². The van der Waals surface area contributed by atoms with Gasteiger partial charge in [0.15, 0.2) is 11.4 Å². The van der Waals surface area contributed by atoms with Crippen molar-refractivity contribution < 1.29 is 14.7 Å². The van der Waals surface area contributed by atoms with Gasteiger partial charge in [-0.1, -0.05) is 24.6 Å². The summed E-state index contributed by atoms with van der Waals surface area (Å²) < 4.78 is 2.35. The van der Waals surface area contributed by atoms with E-state index in [1.54, 1.807) is 55.6 Å². The third kappa shape index (κ3) is 3.91. The van der Waals surface area contributed by atoms with Crippen molar-refractivity contribution in [3.8, 4) is 0 Å². The van der Waals surface area contributed by atoms with Crippen molar-refractivity contribution in [3.63, 3.8) is 0 Å². The second-order valence-corrected chi connectivity index (χ2v) is 8.10. The number of nitrogens with zero attached hydrogens (tertiary/aromatic N) is 5. The number of Topliss-reactive ketones (excluding diaryl/α,β-unsaturated/α-hetero) is 1. The van der Waals surface area contributed by atoms with Gasteiger partial charge in [0, 0.05) is 36.4 Å². The monoisotopic (exact) mass is 470 g/mol. The number of aromatic nitrogens is 4. The van der Waals surface area contributed by atoms with E-state index in [1.807, 2.05) is 0 Å². The Labute approximate surface area is 194 Å². The number of carbonyl (C=O) groups excluding carboxylic acids is 1. The molecule has 1 saturated heterocycles. The first-order chi connectivity index (χ1) is 15.9. The van der Waals surface area contributed by atoms with Crippen molar-refractivity contribution >= 4 is 23.5 Å². The molecule has 4 rings (SSSR count). The van der Waals surface area contributed by atoms with E-state index in [0.29, 0.717) is 29.2 Å². The van der Waals surface area contributed by atoms with E-state index >= 15 is 0 Å². The van der Waals surface area contributed by atoms with Crippen LogP contribution in [-0.2, 0) is 5.66 Å². The summed E-state index contributed by atoms with van der Waals surface area (Å²) in [5, 5.41) is 17.9. The fourth-order valence-corrected chi connectivity index (χ4v) is 4.34. The van der Waals surface area contributed by atoms with Crippen molar-refractivity contribution in [2.75, 3.05) is 19.6 Å². The molecule has 2 aromatic heterocycles. The van der Waals surface area contributed by atoms with Gasteiger partial charge in [0.2, 0.25) is 0 Å². The minimum Gasteiger partial charge on any atom is -0.465 e. The number of pyridine rings is 1. The summed E-state index contributed by atoms with van der Waals surface area (Å²) in [6.07, 6.45) is 1.94. The van der Waals surface area contributed by atoms with Gasteiger partial charge in [-0.05, 0) is 42.8 Å². The standard InChI is InChI=1S/C22H23ClN6O4/c1-2-17(19(30)15-6-8-16(23)9-7-15)29-20(31)28(14-26-29)22(18-5-3-4-10-25-18)13-24-11-12-27(22)21(32)33/h3-10,14,17,24H,2,11-13H2,1H3,(H,32,33). The molecule has 3 heterocycles. The lowest BCUT2D eigenvalue weighted by molar-refractivity contribution is 0.0294. The summed E-state index contributed by atoms with van der Waals surface area (Å²) in [5.41, 5.74) is -1.29. The molecule has 1 amide bonds. The largest absolute Gasteiger partial charge is 0.465 e. The molecule has 0 radical (unpaired) electrons. The van der Waals surface area contributed by atoms with Gasteiger partial charge in [0.1, 0.15) is 12.4 Å². The predicted octanol–water partition coefficient (Wildman–Crippen LogP) is 2.21. The Hall–Kier alpha value is -3.50. The predicted molar refractivity (Wildman–Crippen MR) is 121 cm³/mol. The Bertz CT molecular complexity index is 1210. The van der Waals surface area contributed by atoms with E-state index in [0.717, 1.165) is 4.68 Å². The number of carboxylic acid groups (broad SMARTS) is 1. The zero-order valence-corrected chi connectivity index (χ0v) is 18.6. The highest BCUT2D eigenvalue weighted by Crippen LogP contribution is 2.30. The molecule has 0 bridgehead atoms. The maximum Gasteiger partial charge on any atom is 0.409 e. The van der Waals surface area contributed by atoms with Crippen LogP contribution in [0.1, 0.15) is 35.4 Å². The Balaban J connectivity index is 1.84. The molecular formula is C22H23ClN6O4. The zero-order valence-electron chi connectivity index (χ0n) is 17.9. The fourth-order valence-electron chi connectivity index (χ4n) is 4.21. The summed E-state index contributed by atoms with van der Waals surface area (Å²) in [5.74, 6) is -0.287. The molecule has 1 aromatic carbocycles. The first kappa shape index (κ1) is 22.7. The highest BCUT2D eigenvalue weighted by molar-refractivity contribution is 6.30. The minimum atomic E-state index is -1.46. The molecule has 1 fully saturated rings. The molecule has 2 N–H and O–H groups in total. The number of benzene rings is 1. The van der Waals surface area contributed by atoms with Crippen LogP contribution in [0.5, 0.6) is 0 Å². The van der Waals surface area contributed by atoms with Crippen LogP contribution in [0.25, 0.3) is 0 Å². The van der Waals surface area contributed by atoms with Crippen molar-refractivity contribution in [1.29, 1.82) is 0 Å². The number of amides is 1. The lowest BCUT2D eigenvalue weighted by atomic mass is 10.00. The molecule has 0 spiro atoms. The third-order valence-corrected chi connectivity index (χ3v) is 6.09. The second-order valence-electron chi connectivity index (χ2n) is 7.67. The van der Waals surface area contributed by atoms with Gasteiger partial charge < -0.3 is 10.4 Å². The Kier molecular flexibility index (Phi) is 6.30. The molecule has 2 atom stereocenters. The molecule has 10 nitrogen and oxygen atoms in total. The van der Waals surface area contributed by atoms with Crippen LogP contribution >= 0.6 is 11.6 Å². The molecule has 0 aliphatic carbocycles. The Morgan fingerprint density at radius 1 is 1.24 bits per heavy atom. The van der Waals surface area contributed by atoms with Crippen LogP contribution in [-0.4, -0.2) is 60.8 Å². The number of rotatable bonds is 6. The smallest absolute Gasteiger partial charge is 0.409 e. The molecule has 11 heteroatoms. The minimum absolute atomic E-state index is 0.115. The maximum absolute atomic E-state index is 13.6. The highest BCUT2D eigenvalue weighted by Gasteiger charge is 2.48. The van der Waals surface area contributed by atoms with Gasteiger partial charge in [-0.2, -0.15) is 5.10 Å². The van der Waals surface area contributed by atoms with E-state index in [9.17, 15) is 19.5 Å². The lowest BCUT2D eigenvalue weighted by Gasteiger charge is -2.45. The van der Waals surface area contributed by atoms with Crippen LogP contribution in [0.4, 0.5) is 4.79 Å². The van der Waals surface area contributed by atoms with Crippen molar-refractivity contribution in [3.05, 3.63) is 81.8 Å². The summed E-state index contributed by atoms with van der Waals surface area (Å²) in [6, 6.07) is 10.7. The highest BCUT2D eigenvalue weighted by atomic mass is 35.5. The number of hydrogen-bond acceptors (Lipinski definition) is 6. The van der Waals surface area contributed by atoms with Gasteiger partial charge in [-0.25, -0.2) is 18.8 Å². The molecular weight excluding hydrogens is 448 g/mol. The molecule has 33 heavy (non-hydrogen) atoms. The molecule has 2 unspecified atom stereocenters. The van der Waals surface area contributed by atoms with Crippen LogP contribution < -0.4 is 11.0 Å². The van der Waals surface area contributed by atoms with E-state index in [-0.39, 0.29) is 18.9 Å². The second kappa shape index (κ2) is 9.16. The third-order valence-electron chi connectivity index (χ3n) is 5.84. The Morgan fingerprint density at radius 3 is 2.64 bits per heavy atom. The van der Waals surface area contributed by atoms with Gasteiger partial charge in [-0.3, -0.25) is 14.7 Å². The van der Waals surface area contributed by atoms with Gasteiger partial charge in [0.25, 0.3) is 0 Å². The molecule has 1 aliphatic heterocycles. The number of hydrogen-bond donors (Lipinski definition) is 2. The summed E-state index contributed by atoms with van der Waals surface area (Å²) in [4.78, 5) is 44.5. The summed E-state index contributed by atoms with van der Waals surface area (Å²) in [6.45, 7) is 2.47.